The number of aromatic nitrogens is 3. The Morgan fingerprint density at radius 2 is 1.85 bits per heavy atom. The van der Waals surface area contributed by atoms with Crippen LogP contribution >= 0.6 is 11.6 Å². The van der Waals surface area contributed by atoms with E-state index in [4.69, 9.17) is 16.3 Å². The molecule has 4 rings (SSSR count). The van der Waals surface area contributed by atoms with Crippen LogP contribution in [0.2, 0.25) is 5.02 Å². The monoisotopic (exact) mass is 570 g/mol. The molecule has 0 aliphatic carbocycles. The van der Waals surface area contributed by atoms with Gasteiger partial charge in [0.05, 0.1) is 30.7 Å². The molecule has 11 nitrogen and oxygen atoms in total. The molecule has 0 atom stereocenters. The number of rotatable bonds is 9. The van der Waals surface area contributed by atoms with Crippen LogP contribution in [-0.4, -0.2) is 102 Å². The highest BCUT2D eigenvalue weighted by molar-refractivity contribution is 6.30. The molecule has 212 valence electrons. The molecule has 0 unspecified atom stereocenters. The number of piperazine rings is 1. The predicted molar refractivity (Wildman–Crippen MR) is 151 cm³/mol. The lowest BCUT2D eigenvalue weighted by Gasteiger charge is -2.34. The number of methoxy groups -OCH3 is 1. The number of aryl methyl sites for hydroxylation is 1. The Balaban J connectivity index is 1.31. The fraction of sp³-hybridized carbons (Fsp3) is 0.370. The molecule has 13 heteroatoms. The molecule has 1 aliphatic rings. The molecule has 2 N–H and O–H groups in total. The highest BCUT2D eigenvalue weighted by atomic mass is 35.5. The normalized spacial score (nSPS) is 14.0. The van der Waals surface area contributed by atoms with E-state index in [1.807, 2.05) is 0 Å². The fourth-order valence-electron chi connectivity index (χ4n) is 4.23. The number of hydrogen-bond donors (Lipinski definition) is 2. The van der Waals surface area contributed by atoms with E-state index in [-0.39, 0.29) is 24.1 Å². The number of halogens is 2. The molecule has 0 saturated carbocycles. The third kappa shape index (κ3) is 7.84. The molecule has 1 saturated heterocycles. The summed E-state index contributed by atoms with van der Waals surface area (Å²) in [7, 11) is 3.08. The highest BCUT2D eigenvalue weighted by Gasteiger charge is 2.20. The molecule has 1 aromatic carbocycles. The minimum absolute atomic E-state index is 0.163. The lowest BCUT2D eigenvalue weighted by Crippen LogP contribution is -2.50. The van der Waals surface area contributed by atoms with Crippen LogP contribution < -0.4 is 10.6 Å². The largest absolute Gasteiger partial charge is 0.453 e. The topological polar surface area (TPSA) is 116 Å². The second-order valence-corrected chi connectivity index (χ2v) is 9.90. The van der Waals surface area contributed by atoms with Crippen LogP contribution in [-0.2, 0) is 9.53 Å². The van der Waals surface area contributed by atoms with Crippen molar-refractivity contribution in [2.75, 3.05) is 70.6 Å². The SMILES string of the molecule is COC(=O)N(C)CCN1CCN(CC(=O)Nc2cc(Nc3cc(-c4cc(Cl)ccc4F)nnc3C)ccn2)CC1. The number of carbonyl (C=O) groups is 2. The van der Waals surface area contributed by atoms with E-state index in [0.717, 1.165) is 32.7 Å². The van der Waals surface area contributed by atoms with Crippen molar-refractivity contribution in [2.24, 2.45) is 0 Å². The van der Waals surface area contributed by atoms with E-state index >= 15 is 0 Å². The number of benzene rings is 1. The number of nitrogens with one attached hydrogen (secondary N) is 2. The van der Waals surface area contributed by atoms with Crippen LogP contribution in [0, 0.1) is 12.7 Å². The maximum atomic E-state index is 14.4. The van der Waals surface area contributed by atoms with Crippen LogP contribution in [0.3, 0.4) is 0 Å². The van der Waals surface area contributed by atoms with E-state index in [0.29, 0.717) is 40.1 Å². The molecule has 0 radical (unpaired) electrons. The summed E-state index contributed by atoms with van der Waals surface area (Å²) in [5.74, 6) is -0.209. The van der Waals surface area contributed by atoms with Crippen molar-refractivity contribution in [1.82, 2.24) is 29.9 Å². The van der Waals surface area contributed by atoms with Gasteiger partial charge in [0.1, 0.15) is 11.6 Å². The summed E-state index contributed by atoms with van der Waals surface area (Å²) in [4.78, 5) is 34.4. The molecule has 2 aromatic heterocycles. The highest BCUT2D eigenvalue weighted by Crippen LogP contribution is 2.28. The standard InChI is InChI=1S/C27H32ClFN8O3/c1-18-23(16-24(34-33-18)21-14-19(28)4-5-22(21)29)31-20-6-7-30-25(15-20)32-26(38)17-37-12-10-36(11-13-37)9-8-35(2)27(39)40-3/h4-7,14-16H,8-13,17H2,1-3H3,(H2,30,31,32,34,38). The van der Waals surface area contributed by atoms with E-state index in [2.05, 4.69) is 35.6 Å². The summed E-state index contributed by atoms with van der Waals surface area (Å²) in [6.45, 7) is 6.46. The summed E-state index contributed by atoms with van der Waals surface area (Å²) in [5, 5.41) is 14.8. The second kappa shape index (κ2) is 13.5. The third-order valence-electron chi connectivity index (χ3n) is 6.56. The number of pyridine rings is 1. The fourth-order valence-corrected chi connectivity index (χ4v) is 4.40. The first-order valence-electron chi connectivity index (χ1n) is 12.8. The van der Waals surface area contributed by atoms with E-state index in [9.17, 15) is 14.0 Å². The summed E-state index contributed by atoms with van der Waals surface area (Å²) in [6, 6.07) is 9.44. The van der Waals surface area contributed by atoms with Gasteiger partial charge in [-0.05, 0) is 37.3 Å². The molecule has 2 amide bonds. The lowest BCUT2D eigenvalue weighted by atomic mass is 10.1. The van der Waals surface area contributed by atoms with Crippen LogP contribution in [0.15, 0.2) is 42.6 Å². The number of hydrogen-bond acceptors (Lipinski definition) is 9. The summed E-state index contributed by atoms with van der Waals surface area (Å²) in [5.41, 5.74) is 2.50. The molecule has 3 heterocycles. The minimum atomic E-state index is -0.449. The van der Waals surface area contributed by atoms with Crippen LogP contribution in [0.5, 0.6) is 0 Å². The van der Waals surface area contributed by atoms with Gasteiger partial charge in [0.25, 0.3) is 0 Å². The summed E-state index contributed by atoms with van der Waals surface area (Å²) in [6.07, 6.45) is 1.23. The molecule has 0 spiro atoms. The van der Waals surface area contributed by atoms with Crippen molar-refractivity contribution in [3.8, 4) is 11.3 Å². The van der Waals surface area contributed by atoms with Crippen LogP contribution in [0.25, 0.3) is 11.3 Å². The number of anilines is 3. The molecular weight excluding hydrogens is 539 g/mol. The van der Waals surface area contributed by atoms with Crippen molar-refractivity contribution < 1.29 is 18.7 Å². The number of amides is 2. The third-order valence-corrected chi connectivity index (χ3v) is 6.79. The maximum absolute atomic E-state index is 14.4. The molecule has 0 bridgehead atoms. The van der Waals surface area contributed by atoms with Gasteiger partial charge in [-0.2, -0.15) is 10.2 Å². The van der Waals surface area contributed by atoms with E-state index in [1.165, 1.54) is 25.3 Å². The van der Waals surface area contributed by atoms with Crippen molar-refractivity contribution in [3.05, 3.63) is 59.1 Å². The van der Waals surface area contributed by atoms with Crippen molar-refractivity contribution in [1.29, 1.82) is 0 Å². The van der Waals surface area contributed by atoms with Crippen LogP contribution in [0.4, 0.5) is 26.4 Å². The Bertz CT molecular complexity index is 1350. The number of nitrogens with zero attached hydrogens (tertiary/aromatic N) is 6. The summed E-state index contributed by atoms with van der Waals surface area (Å²) < 4.78 is 19.1. The number of likely N-dealkylation sites (N-methyl/N-ethyl adjacent to an activating group) is 1. The van der Waals surface area contributed by atoms with Gasteiger partial charge in [-0.1, -0.05) is 11.6 Å². The van der Waals surface area contributed by atoms with Gasteiger partial charge in [0, 0.05) is 74.9 Å². The predicted octanol–water partition coefficient (Wildman–Crippen LogP) is 3.64. The molecular formula is C27H32ClFN8O3. The quantitative estimate of drug-likeness (QED) is 0.398. The second-order valence-electron chi connectivity index (χ2n) is 9.47. The van der Waals surface area contributed by atoms with Gasteiger partial charge in [-0.25, -0.2) is 14.2 Å². The zero-order chi connectivity index (χ0) is 28.6. The Labute approximate surface area is 237 Å². The first kappa shape index (κ1) is 29.1. The van der Waals surface area contributed by atoms with Crippen LogP contribution in [0.1, 0.15) is 5.69 Å². The Morgan fingerprint density at radius 1 is 1.10 bits per heavy atom. The van der Waals surface area contributed by atoms with Gasteiger partial charge in [-0.15, -0.1) is 0 Å². The molecule has 1 fully saturated rings. The lowest BCUT2D eigenvalue weighted by molar-refractivity contribution is -0.117. The smallest absolute Gasteiger partial charge is 0.409 e. The van der Waals surface area contributed by atoms with Gasteiger partial charge in [0.2, 0.25) is 5.91 Å². The Hall–Kier alpha value is -3.87. The van der Waals surface area contributed by atoms with Crippen molar-refractivity contribution >= 4 is 40.8 Å². The van der Waals surface area contributed by atoms with Gasteiger partial charge in [0.15, 0.2) is 0 Å². The summed E-state index contributed by atoms with van der Waals surface area (Å²) >= 11 is 6.04. The number of ether oxygens (including phenoxy) is 1. The van der Waals surface area contributed by atoms with E-state index < -0.39 is 5.82 Å². The first-order valence-corrected chi connectivity index (χ1v) is 13.2. The van der Waals surface area contributed by atoms with Crippen molar-refractivity contribution in [2.45, 2.75) is 6.92 Å². The zero-order valence-corrected chi connectivity index (χ0v) is 23.4. The first-order chi connectivity index (χ1) is 19.2. The van der Waals surface area contributed by atoms with Gasteiger partial charge >= 0.3 is 6.09 Å². The van der Waals surface area contributed by atoms with E-state index in [1.54, 1.807) is 43.3 Å². The van der Waals surface area contributed by atoms with Gasteiger partial charge < -0.3 is 20.3 Å². The molecule has 3 aromatic rings. The molecule has 1 aliphatic heterocycles. The Morgan fingerprint density at radius 3 is 2.60 bits per heavy atom. The maximum Gasteiger partial charge on any atom is 0.409 e. The van der Waals surface area contributed by atoms with Gasteiger partial charge in [-0.3, -0.25) is 14.6 Å². The number of carbonyl (C=O) groups excluding carboxylic acids is 2. The molecule has 40 heavy (non-hydrogen) atoms. The average molecular weight is 571 g/mol. The van der Waals surface area contributed by atoms with Crippen molar-refractivity contribution in [3.63, 3.8) is 0 Å². The zero-order valence-electron chi connectivity index (χ0n) is 22.7. The Kier molecular flexibility index (Phi) is 9.80. The average Bonchev–Trinajstić information content (AvgIpc) is 2.94. The minimum Gasteiger partial charge on any atom is -0.453 e.